The summed E-state index contributed by atoms with van der Waals surface area (Å²) in [6, 6.07) is 1.54. The van der Waals surface area contributed by atoms with Crippen LogP contribution in [0, 0.1) is 5.92 Å². The second kappa shape index (κ2) is 13.9. The Morgan fingerprint density at radius 3 is 1.94 bits per heavy atom. The maximum atomic E-state index is 13.2. The van der Waals surface area contributed by atoms with Crippen molar-refractivity contribution in [2.45, 2.75) is 70.6 Å². The molecule has 35 heavy (non-hydrogen) atoms. The summed E-state index contributed by atoms with van der Waals surface area (Å²) >= 11 is 0. The summed E-state index contributed by atoms with van der Waals surface area (Å²) in [6.45, 7) is 4.97. The lowest BCUT2D eigenvalue weighted by Crippen LogP contribution is -2.57. The van der Waals surface area contributed by atoms with Gasteiger partial charge in [0.2, 0.25) is 23.6 Å². The second-order valence-electron chi connectivity index (χ2n) is 8.80. The second-order valence-corrected chi connectivity index (χ2v) is 8.80. The van der Waals surface area contributed by atoms with Gasteiger partial charge in [-0.15, -0.1) is 0 Å². The minimum atomic E-state index is -1.23. The van der Waals surface area contributed by atoms with Gasteiger partial charge in [0.05, 0.1) is 6.04 Å². The molecule has 0 aliphatic heterocycles. The molecule has 0 spiro atoms. The molecule has 0 aliphatic carbocycles. The zero-order valence-electron chi connectivity index (χ0n) is 20.1. The largest absolute Gasteiger partial charge is 0.508 e. The van der Waals surface area contributed by atoms with Gasteiger partial charge in [-0.1, -0.05) is 26.0 Å². The Kier molecular flexibility index (Phi) is 11.7. The van der Waals surface area contributed by atoms with Crippen molar-refractivity contribution < 1.29 is 34.2 Å². The van der Waals surface area contributed by atoms with Crippen molar-refractivity contribution in [1.29, 1.82) is 0 Å². The molecule has 0 aromatic heterocycles. The Morgan fingerprint density at radius 1 is 0.886 bits per heavy atom. The van der Waals surface area contributed by atoms with Crippen molar-refractivity contribution >= 4 is 29.6 Å². The highest BCUT2D eigenvalue weighted by Gasteiger charge is 2.30. The fourth-order valence-electron chi connectivity index (χ4n) is 3.14. The van der Waals surface area contributed by atoms with Crippen molar-refractivity contribution in [3.8, 4) is 5.75 Å². The van der Waals surface area contributed by atoms with E-state index in [1.165, 1.54) is 19.1 Å². The van der Waals surface area contributed by atoms with Crippen LogP contribution >= 0.6 is 0 Å². The van der Waals surface area contributed by atoms with Crippen LogP contribution in [0.3, 0.4) is 0 Å². The van der Waals surface area contributed by atoms with Crippen LogP contribution in [0.4, 0.5) is 0 Å². The van der Waals surface area contributed by atoms with Gasteiger partial charge in [-0.3, -0.25) is 24.0 Å². The number of rotatable bonds is 14. The van der Waals surface area contributed by atoms with Crippen LogP contribution in [0.1, 0.15) is 45.6 Å². The smallest absolute Gasteiger partial charge is 0.325 e. The van der Waals surface area contributed by atoms with Gasteiger partial charge in [0.25, 0.3) is 0 Å². The normalized spacial score (nSPS) is 14.3. The van der Waals surface area contributed by atoms with E-state index in [4.69, 9.17) is 16.6 Å². The number of aromatic hydroxyl groups is 1. The average molecular weight is 494 g/mol. The monoisotopic (exact) mass is 493 g/mol. The Hall–Kier alpha value is -3.67. The van der Waals surface area contributed by atoms with Gasteiger partial charge in [-0.2, -0.15) is 0 Å². The number of primary amides is 1. The standard InChI is InChI=1S/C23H35N5O7/c1-12(2)10-17(21(32)26-13(3)23(34)35)28-22(33)18(11-14-4-6-15(29)7-5-14)27-20(31)16(24)8-9-19(25)30/h4-7,12-13,16-18,29H,8-11,24H2,1-3H3,(H2,25,30)(H,26,32)(H,27,31)(H,28,33)(H,34,35). The molecule has 194 valence electrons. The van der Waals surface area contributed by atoms with E-state index in [2.05, 4.69) is 16.0 Å². The first-order chi connectivity index (χ1) is 16.3. The number of nitrogens with one attached hydrogen (secondary N) is 3. The quantitative estimate of drug-likeness (QED) is 0.172. The Labute approximate surface area is 203 Å². The fraction of sp³-hybridized carbons (Fsp3) is 0.522. The number of phenolic OH excluding ortho intramolecular Hbond substituents is 1. The molecule has 1 aromatic carbocycles. The molecule has 12 heteroatoms. The SMILES string of the molecule is CC(C)CC(NC(=O)C(Cc1ccc(O)cc1)NC(=O)C(N)CCC(N)=O)C(=O)NC(C)C(=O)O. The maximum Gasteiger partial charge on any atom is 0.325 e. The van der Waals surface area contributed by atoms with Crippen LogP contribution < -0.4 is 27.4 Å². The summed E-state index contributed by atoms with van der Waals surface area (Å²) in [4.78, 5) is 60.5. The van der Waals surface area contributed by atoms with Gasteiger partial charge in [0.15, 0.2) is 0 Å². The number of carboxylic acid groups (broad SMARTS) is 1. The molecule has 0 saturated carbocycles. The van der Waals surface area contributed by atoms with Crippen LogP contribution in [0.25, 0.3) is 0 Å². The van der Waals surface area contributed by atoms with Crippen LogP contribution in [0.5, 0.6) is 5.75 Å². The fourth-order valence-corrected chi connectivity index (χ4v) is 3.14. The first-order valence-corrected chi connectivity index (χ1v) is 11.3. The molecule has 0 fully saturated rings. The van der Waals surface area contributed by atoms with E-state index >= 15 is 0 Å². The van der Waals surface area contributed by atoms with Crippen LogP contribution in [0.2, 0.25) is 0 Å². The number of carboxylic acids is 1. The number of hydrogen-bond donors (Lipinski definition) is 7. The van der Waals surface area contributed by atoms with Crippen LogP contribution in [0.15, 0.2) is 24.3 Å². The predicted molar refractivity (Wildman–Crippen MR) is 127 cm³/mol. The van der Waals surface area contributed by atoms with Gasteiger partial charge < -0.3 is 37.6 Å². The summed E-state index contributed by atoms with van der Waals surface area (Å²) < 4.78 is 0. The molecule has 0 radical (unpaired) electrons. The Bertz CT molecular complexity index is 904. The molecule has 12 nitrogen and oxygen atoms in total. The summed E-state index contributed by atoms with van der Waals surface area (Å²) in [7, 11) is 0. The average Bonchev–Trinajstić information content (AvgIpc) is 2.77. The first kappa shape index (κ1) is 29.4. The minimum Gasteiger partial charge on any atom is -0.508 e. The number of nitrogens with two attached hydrogens (primary N) is 2. The molecular formula is C23H35N5O7. The van der Waals surface area contributed by atoms with Crippen LogP contribution in [-0.4, -0.2) is 64.0 Å². The summed E-state index contributed by atoms with van der Waals surface area (Å²) in [6.07, 6.45) is 0.117. The van der Waals surface area contributed by atoms with Gasteiger partial charge in [-0.05, 0) is 43.4 Å². The number of amides is 4. The molecule has 1 aromatic rings. The van der Waals surface area contributed by atoms with Crippen molar-refractivity contribution in [3.63, 3.8) is 0 Å². The molecule has 9 N–H and O–H groups in total. The number of benzene rings is 1. The van der Waals surface area contributed by atoms with E-state index in [-0.39, 0.29) is 37.4 Å². The number of carbonyl (C=O) groups is 5. The third-order valence-electron chi connectivity index (χ3n) is 5.12. The Balaban J connectivity index is 3.08. The molecule has 4 amide bonds. The number of phenols is 1. The molecule has 0 bridgehead atoms. The van der Waals surface area contributed by atoms with Crippen molar-refractivity contribution in [2.24, 2.45) is 17.4 Å². The van der Waals surface area contributed by atoms with E-state index in [1.54, 1.807) is 12.1 Å². The highest BCUT2D eigenvalue weighted by Crippen LogP contribution is 2.13. The highest BCUT2D eigenvalue weighted by atomic mass is 16.4. The molecule has 4 atom stereocenters. The van der Waals surface area contributed by atoms with Crippen LogP contribution in [-0.2, 0) is 30.4 Å². The molecule has 0 aliphatic rings. The third kappa shape index (κ3) is 10.9. The molecule has 1 rings (SSSR count). The topological polar surface area (TPSA) is 214 Å². The summed E-state index contributed by atoms with van der Waals surface area (Å²) in [5.74, 6) is -3.88. The summed E-state index contributed by atoms with van der Waals surface area (Å²) in [5, 5.41) is 26.1. The highest BCUT2D eigenvalue weighted by molar-refractivity contribution is 5.94. The lowest BCUT2D eigenvalue weighted by molar-refractivity contribution is -0.142. The first-order valence-electron chi connectivity index (χ1n) is 11.3. The van der Waals surface area contributed by atoms with E-state index < -0.39 is 53.8 Å². The van der Waals surface area contributed by atoms with Gasteiger partial charge in [0.1, 0.15) is 23.9 Å². The lowest BCUT2D eigenvalue weighted by Gasteiger charge is -2.25. The van der Waals surface area contributed by atoms with E-state index in [0.29, 0.717) is 5.56 Å². The molecule has 0 heterocycles. The number of hydrogen-bond acceptors (Lipinski definition) is 7. The number of aliphatic carboxylic acids is 1. The maximum absolute atomic E-state index is 13.2. The molecular weight excluding hydrogens is 458 g/mol. The Morgan fingerprint density at radius 2 is 1.43 bits per heavy atom. The minimum absolute atomic E-state index is 0.0137. The van der Waals surface area contributed by atoms with Crippen molar-refractivity contribution in [1.82, 2.24) is 16.0 Å². The predicted octanol–water partition coefficient (Wildman–Crippen LogP) is -0.867. The summed E-state index contributed by atoms with van der Waals surface area (Å²) in [5.41, 5.74) is 11.5. The number of carbonyl (C=O) groups excluding carboxylic acids is 4. The zero-order chi connectivity index (χ0) is 26.7. The van der Waals surface area contributed by atoms with Crippen molar-refractivity contribution in [2.75, 3.05) is 0 Å². The lowest BCUT2D eigenvalue weighted by atomic mass is 10.0. The van der Waals surface area contributed by atoms with E-state index in [0.717, 1.165) is 0 Å². The third-order valence-corrected chi connectivity index (χ3v) is 5.12. The molecule has 0 saturated heterocycles. The van der Waals surface area contributed by atoms with Gasteiger partial charge in [0, 0.05) is 12.8 Å². The van der Waals surface area contributed by atoms with Gasteiger partial charge >= 0.3 is 5.97 Å². The molecule has 4 unspecified atom stereocenters. The zero-order valence-corrected chi connectivity index (χ0v) is 20.1. The van der Waals surface area contributed by atoms with Gasteiger partial charge in [-0.25, -0.2) is 0 Å². The van der Waals surface area contributed by atoms with E-state index in [9.17, 15) is 29.1 Å². The van der Waals surface area contributed by atoms with Crippen molar-refractivity contribution in [3.05, 3.63) is 29.8 Å². The van der Waals surface area contributed by atoms with E-state index in [1.807, 2.05) is 13.8 Å².